The molecule has 20 heavy (non-hydrogen) atoms. The highest BCUT2D eigenvalue weighted by Gasteiger charge is 2.27. The maximum Gasteiger partial charge on any atom is 0.259 e. The van der Waals surface area contributed by atoms with Gasteiger partial charge in [0.2, 0.25) is 0 Å². The first-order chi connectivity index (χ1) is 9.72. The van der Waals surface area contributed by atoms with Gasteiger partial charge >= 0.3 is 0 Å². The Bertz CT molecular complexity index is 453. The molecule has 1 heterocycles. The van der Waals surface area contributed by atoms with Gasteiger partial charge in [-0.05, 0) is 30.7 Å². The molecule has 1 aliphatic rings. The molecule has 5 nitrogen and oxygen atoms in total. The summed E-state index contributed by atoms with van der Waals surface area (Å²) in [6, 6.07) is 6.99. The fourth-order valence-corrected chi connectivity index (χ4v) is 2.02. The summed E-state index contributed by atoms with van der Waals surface area (Å²) in [5, 5.41) is 0. The normalized spacial score (nSPS) is 15.6. The fraction of sp³-hybridized carbons (Fsp3) is 0.467. The standard InChI is InChI=1S/C15H19NO4/c1-2-3-4-9-20-13-7-5-12(6-8-13)16-14(17)10-19-11-15(16)18/h5-8H,2-4,9-11H2,1H3. The molecule has 1 aliphatic heterocycles. The minimum absolute atomic E-state index is 0.0546. The summed E-state index contributed by atoms with van der Waals surface area (Å²) in [5.74, 6) is 0.0775. The molecule has 0 aromatic heterocycles. The van der Waals surface area contributed by atoms with Gasteiger partial charge in [0, 0.05) is 0 Å². The highest BCUT2D eigenvalue weighted by Crippen LogP contribution is 2.21. The van der Waals surface area contributed by atoms with Crippen LogP contribution in [0.1, 0.15) is 26.2 Å². The van der Waals surface area contributed by atoms with Crippen molar-refractivity contribution >= 4 is 17.5 Å². The van der Waals surface area contributed by atoms with Gasteiger partial charge in [-0.15, -0.1) is 0 Å². The average molecular weight is 277 g/mol. The number of morpholine rings is 1. The second-order valence-corrected chi connectivity index (χ2v) is 4.67. The van der Waals surface area contributed by atoms with Crippen LogP contribution in [-0.4, -0.2) is 31.6 Å². The van der Waals surface area contributed by atoms with E-state index in [1.165, 1.54) is 0 Å². The van der Waals surface area contributed by atoms with E-state index >= 15 is 0 Å². The van der Waals surface area contributed by atoms with Crippen molar-refractivity contribution in [1.29, 1.82) is 0 Å². The molecule has 5 heteroatoms. The number of ether oxygens (including phenoxy) is 2. The van der Waals surface area contributed by atoms with Gasteiger partial charge in [-0.1, -0.05) is 19.8 Å². The predicted molar refractivity (Wildman–Crippen MR) is 74.8 cm³/mol. The molecule has 0 N–H and O–H groups in total. The molecule has 1 saturated heterocycles. The van der Waals surface area contributed by atoms with Crippen molar-refractivity contribution in [3.63, 3.8) is 0 Å². The predicted octanol–water partition coefficient (Wildman–Crippen LogP) is 2.15. The van der Waals surface area contributed by atoms with Gasteiger partial charge in [0.1, 0.15) is 19.0 Å². The molecule has 1 fully saturated rings. The summed E-state index contributed by atoms with van der Waals surface area (Å²) in [5.41, 5.74) is 0.559. The first kappa shape index (κ1) is 14.5. The van der Waals surface area contributed by atoms with E-state index in [9.17, 15) is 9.59 Å². The number of unbranched alkanes of at least 4 members (excludes halogenated alkanes) is 2. The number of imide groups is 1. The molecule has 0 spiro atoms. The minimum atomic E-state index is -0.335. The second-order valence-electron chi connectivity index (χ2n) is 4.67. The molecular formula is C15H19NO4. The number of amides is 2. The van der Waals surface area contributed by atoms with Gasteiger partial charge in [0.15, 0.2) is 0 Å². The third-order valence-corrected chi connectivity index (χ3v) is 3.06. The van der Waals surface area contributed by atoms with Gasteiger partial charge < -0.3 is 9.47 Å². The Morgan fingerprint density at radius 1 is 1.10 bits per heavy atom. The van der Waals surface area contributed by atoms with E-state index in [1.54, 1.807) is 24.3 Å². The summed E-state index contributed by atoms with van der Waals surface area (Å²) < 4.78 is 10.5. The number of hydrogen-bond donors (Lipinski definition) is 0. The van der Waals surface area contributed by atoms with Crippen molar-refractivity contribution in [2.75, 3.05) is 24.7 Å². The number of benzene rings is 1. The average Bonchev–Trinajstić information content (AvgIpc) is 2.45. The van der Waals surface area contributed by atoms with E-state index in [0.29, 0.717) is 12.3 Å². The van der Waals surface area contributed by atoms with Crippen molar-refractivity contribution in [3.8, 4) is 5.75 Å². The lowest BCUT2D eigenvalue weighted by molar-refractivity contribution is -0.138. The van der Waals surface area contributed by atoms with Gasteiger partial charge in [0.05, 0.1) is 12.3 Å². The van der Waals surface area contributed by atoms with E-state index in [2.05, 4.69) is 6.92 Å². The molecule has 0 saturated carbocycles. The van der Waals surface area contributed by atoms with Crippen molar-refractivity contribution < 1.29 is 19.1 Å². The number of carbonyl (C=O) groups excluding carboxylic acids is 2. The molecule has 108 valence electrons. The van der Waals surface area contributed by atoms with Gasteiger partial charge in [0.25, 0.3) is 11.8 Å². The molecular weight excluding hydrogens is 258 g/mol. The van der Waals surface area contributed by atoms with Crippen LogP contribution in [0.25, 0.3) is 0 Å². The molecule has 0 atom stereocenters. The van der Waals surface area contributed by atoms with Gasteiger partial charge in [-0.2, -0.15) is 0 Å². The van der Waals surface area contributed by atoms with Crippen LogP contribution in [-0.2, 0) is 14.3 Å². The molecule has 0 bridgehead atoms. The van der Waals surface area contributed by atoms with Gasteiger partial charge in [-0.3, -0.25) is 9.59 Å². The van der Waals surface area contributed by atoms with E-state index in [1.807, 2.05) is 0 Å². The Hall–Kier alpha value is -1.88. The second kappa shape index (κ2) is 7.05. The smallest absolute Gasteiger partial charge is 0.259 e. The Morgan fingerprint density at radius 2 is 1.75 bits per heavy atom. The Morgan fingerprint density at radius 3 is 2.35 bits per heavy atom. The first-order valence-corrected chi connectivity index (χ1v) is 6.88. The fourth-order valence-electron chi connectivity index (χ4n) is 2.02. The van der Waals surface area contributed by atoms with E-state index in [-0.39, 0.29) is 25.0 Å². The molecule has 2 amide bonds. The number of nitrogens with zero attached hydrogens (tertiary/aromatic N) is 1. The van der Waals surface area contributed by atoms with Crippen LogP contribution in [0.5, 0.6) is 5.75 Å². The maximum absolute atomic E-state index is 11.7. The Balaban J connectivity index is 1.96. The number of anilines is 1. The van der Waals surface area contributed by atoms with Crippen molar-refractivity contribution in [2.45, 2.75) is 26.2 Å². The minimum Gasteiger partial charge on any atom is -0.494 e. The van der Waals surface area contributed by atoms with Crippen molar-refractivity contribution in [3.05, 3.63) is 24.3 Å². The lowest BCUT2D eigenvalue weighted by atomic mass is 10.2. The third-order valence-electron chi connectivity index (χ3n) is 3.06. The zero-order valence-electron chi connectivity index (χ0n) is 11.6. The molecule has 1 aromatic rings. The van der Waals surface area contributed by atoms with E-state index in [0.717, 1.165) is 29.9 Å². The number of carbonyl (C=O) groups is 2. The maximum atomic E-state index is 11.7. The largest absolute Gasteiger partial charge is 0.494 e. The molecule has 1 aromatic carbocycles. The summed E-state index contributed by atoms with van der Waals surface area (Å²) in [6.07, 6.45) is 3.33. The summed E-state index contributed by atoms with van der Waals surface area (Å²) >= 11 is 0. The van der Waals surface area contributed by atoms with Crippen LogP contribution in [0.2, 0.25) is 0 Å². The number of hydrogen-bond acceptors (Lipinski definition) is 4. The van der Waals surface area contributed by atoms with Crippen molar-refractivity contribution in [1.82, 2.24) is 0 Å². The molecule has 0 unspecified atom stereocenters. The van der Waals surface area contributed by atoms with Crippen LogP contribution in [0.4, 0.5) is 5.69 Å². The Kier molecular flexibility index (Phi) is 5.12. The monoisotopic (exact) mass is 277 g/mol. The highest BCUT2D eigenvalue weighted by atomic mass is 16.5. The summed E-state index contributed by atoms with van der Waals surface area (Å²) in [4.78, 5) is 24.5. The SMILES string of the molecule is CCCCCOc1ccc(N2C(=O)COCC2=O)cc1. The molecule has 0 radical (unpaired) electrons. The first-order valence-electron chi connectivity index (χ1n) is 6.88. The van der Waals surface area contributed by atoms with Gasteiger partial charge in [-0.25, -0.2) is 4.90 Å². The topological polar surface area (TPSA) is 55.8 Å². The lowest BCUT2D eigenvalue weighted by Crippen LogP contribution is -2.46. The van der Waals surface area contributed by atoms with Crippen molar-refractivity contribution in [2.24, 2.45) is 0 Å². The highest BCUT2D eigenvalue weighted by molar-refractivity contribution is 6.16. The lowest BCUT2D eigenvalue weighted by Gasteiger charge is -2.24. The quantitative estimate of drug-likeness (QED) is 0.590. The molecule has 2 rings (SSSR count). The zero-order chi connectivity index (χ0) is 14.4. The van der Waals surface area contributed by atoms with E-state index < -0.39 is 0 Å². The summed E-state index contributed by atoms with van der Waals surface area (Å²) in [7, 11) is 0. The van der Waals surface area contributed by atoms with Crippen LogP contribution in [0.3, 0.4) is 0 Å². The van der Waals surface area contributed by atoms with Crippen LogP contribution in [0, 0.1) is 0 Å². The van der Waals surface area contributed by atoms with Crippen LogP contribution >= 0.6 is 0 Å². The number of rotatable bonds is 6. The zero-order valence-corrected chi connectivity index (χ0v) is 11.6. The van der Waals surface area contributed by atoms with E-state index in [4.69, 9.17) is 9.47 Å². The Labute approximate surface area is 118 Å². The third kappa shape index (κ3) is 3.57. The molecule has 0 aliphatic carbocycles. The van der Waals surface area contributed by atoms with Crippen LogP contribution < -0.4 is 9.64 Å². The van der Waals surface area contributed by atoms with Crippen LogP contribution in [0.15, 0.2) is 24.3 Å². The summed E-state index contributed by atoms with van der Waals surface area (Å²) in [6.45, 7) is 2.72.